The lowest BCUT2D eigenvalue weighted by Crippen LogP contribution is -2.44. The fourth-order valence-corrected chi connectivity index (χ4v) is 5.21. The zero-order valence-electron chi connectivity index (χ0n) is 17.8. The van der Waals surface area contributed by atoms with Crippen LogP contribution in [-0.2, 0) is 9.59 Å². The van der Waals surface area contributed by atoms with Crippen LogP contribution in [0.2, 0.25) is 0 Å². The molecule has 1 spiro atoms. The third-order valence-corrected chi connectivity index (χ3v) is 7.28. The first kappa shape index (κ1) is 19.9. The summed E-state index contributed by atoms with van der Waals surface area (Å²) in [4.78, 5) is 29.5. The first-order valence-corrected chi connectivity index (χ1v) is 11.3. The molecular weight excluding hydrogens is 384 g/mol. The van der Waals surface area contributed by atoms with Crippen molar-refractivity contribution in [1.29, 1.82) is 0 Å². The summed E-state index contributed by atoms with van der Waals surface area (Å²) in [5, 5.41) is 0. The SMILES string of the molecule is O=C(C#Cc1ccccc1)N1CCC2(CC1)CCN(C(=O)[C@@H]1C[C@H]1c1ccccc1)C2. The molecule has 2 saturated heterocycles. The number of hydrogen-bond donors (Lipinski definition) is 0. The quantitative estimate of drug-likeness (QED) is 0.706. The van der Waals surface area contributed by atoms with Gasteiger partial charge >= 0.3 is 0 Å². The van der Waals surface area contributed by atoms with Crippen molar-refractivity contribution in [2.24, 2.45) is 11.3 Å². The van der Waals surface area contributed by atoms with Crippen LogP contribution in [0, 0.1) is 23.2 Å². The van der Waals surface area contributed by atoms with Gasteiger partial charge in [-0.25, -0.2) is 0 Å². The summed E-state index contributed by atoms with van der Waals surface area (Å²) in [6, 6.07) is 20.0. The van der Waals surface area contributed by atoms with Crippen LogP contribution in [0.4, 0.5) is 0 Å². The van der Waals surface area contributed by atoms with E-state index in [1.165, 1.54) is 5.56 Å². The van der Waals surface area contributed by atoms with Crippen molar-refractivity contribution < 1.29 is 9.59 Å². The number of benzene rings is 2. The van der Waals surface area contributed by atoms with Gasteiger partial charge < -0.3 is 9.80 Å². The summed E-state index contributed by atoms with van der Waals surface area (Å²) in [6.07, 6.45) is 3.96. The second-order valence-electron chi connectivity index (χ2n) is 9.28. The highest BCUT2D eigenvalue weighted by atomic mass is 16.2. The van der Waals surface area contributed by atoms with Crippen LogP contribution < -0.4 is 0 Å². The van der Waals surface area contributed by atoms with Gasteiger partial charge in [-0.15, -0.1) is 0 Å². The van der Waals surface area contributed by atoms with Gasteiger partial charge in [0.05, 0.1) is 0 Å². The van der Waals surface area contributed by atoms with E-state index in [4.69, 9.17) is 0 Å². The smallest absolute Gasteiger partial charge is 0.298 e. The van der Waals surface area contributed by atoms with Crippen LogP contribution in [0.15, 0.2) is 60.7 Å². The van der Waals surface area contributed by atoms with Crippen molar-refractivity contribution in [3.05, 3.63) is 71.8 Å². The van der Waals surface area contributed by atoms with E-state index in [2.05, 4.69) is 41.0 Å². The van der Waals surface area contributed by atoms with Gasteiger partial charge in [0, 0.05) is 43.6 Å². The number of piperidine rings is 1. The predicted molar refractivity (Wildman–Crippen MR) is 120 cm³/mol. The molecule has 4 nitrogen and oxygen atoms in total. The largest absolute Gasteiger partial charge is 0.342 e. The standard InChI is InChI=1S/C27H28N2O2/c30-25(12-11-21-7-3-1-4-8-21)28-16-13-27(14-17-28)15-18-29(20-27)26(31)24-19-23(24)22-9-5-2-6-10-22/h1-10,23-24H,13-20H2/t23-,24+/m0/s1. The molecule has 0 radical (unpaired) electrons. The van der Waals surface area contributed by atoms with Gasteiger partial charge in [0.25, 0.3) is 5.91 Å². The molecule has 2 amide bonds. The third-order valence-electron chi connectivity index (χ3n) is 7.28. The van der Waals surface area contributed by atoms with Gasteiger partial charge in [-0.1, -0.05) is 54.5 Å². The summed E-state index contributed by atoms with van der Waals surface area (Å²) >= 11 is 0. The molecule has 0 unspecified atom stereocenters. The van der Waals surface area contributed by atoms with Crippen LogP contribution in [0.25, 0.3) is 0 Å². The number of amides is 2. The first-order chi connectivity index (χ1) is 15.1. The average Bonchev–Trinajstić information content (AvgIpc) is 3.53. The van der Waals surface area contributed by atoms with E-state index in [0.717, 1.165) is 57.4 Å². The Morgan fingerprint density at radius 2 is 1.45 bits per heavy atom. The summed E-state index contributed by atoms with van der Waals surface area (Å²) in [7, 11) is 0. The Bertz CT molecular complexity index is 1010. The van der Waals surface area contributed by atoms with Crippen LogP contribution in [0.5, 0.6) is 0 Å². The Morgan fingerprint density at radius 1 is 0.839 bits per heavy atom. The van der Waals surface area contributed by atoms with Crippen LogP contribution in [0.3, 0.4) is 0 Å². The molecule has 31 heavy (non-hydrogen) atoms. The average molecular weight is 413 g/mol. The Balaban J connectivity index is 1.14. The zero-order chi connectivity index (χ0) is 21.3. The Hall–Kier alpha value is -3.06. The van der Waals surface area contributed by atoms with Crippen molar-refractivity contribution in [2.45, 2.75) is 31.6 Å². The van der Waals surface area contributed by atoms with Crippen LogP contribution in [-0.4, -0.2) is 47.8 Å². The second-order valence-corrected chi connectivity index (χ2v) is 9.28. The van der Waals surface area contributed by atoms with E-state index < -0.39 is 0 Å². The molecule has 1 saturated carbocycles. The number of nitrogens with zero attached hydrogens (tertiary/aromatic N) is 2. The maximum atomic E-state index is 13.1. The minimum atomic E-state index is -0.0895. The van der Waals surface area contributed by atoms with Crippen molar-refractivity contribution in [2.75, 3.05) is 26.2 Å². The van der Waals surface area contributed by atoms with Crippen molar-refractivity contribution in [3.8, 4) is 11.8 Å². The zero-order valence-corrected chi connectivity index (χ0v) is 17.8. The molecule has 158 valence electrons. The predicted octanol–water partition coefficient (Wildman–Crippen LogP) is 3.68. The molecule has 2 aromatic carbocycles. The lowest BCUT2D eigenvalue weighted by molar-refractivity contribution is -0.133. The monoisotopic (exact) mass is 412 g/mol. The maximum absolute atomic E-state index is 13.1. The minimum Gasteiger partial charge on any atom is -0.342 e. The molecule has 3 fully saturated rings. The van der Waals surface area contributed by atoms with Gasteiger partial charge in [0.15, 0.2) is 0 Å². The third kappa shape index (κ3) is 4.23. The summed E-state index contributed by atoms with van der Waals surface area (Å²) in [6.45, 7) is 3.18. The molecule has 2 aromatic rings. The Labute approximate surface area is 184 Å². The van der Waals surface area contributed by atoms with E-state index in [1.807, 2.05) is 41.3 Å². The fourth-order valence-electron chi connectivity index (χ4n) is 5.21. The van der Waals surface area contributed by atoms with Crippen molar-refractivity contribution in [3.63, 3.8) is 0 Å². The fraction of sp³-hybridized carbons (Fsp3) is 0.407. The van der Waals surface area contributed by atoms with Crippen molar-refractivity contribution >= 4 is 11.8 Å². The molecule has 0 N–H and O–H groups in total. The number of likely N-dealkylation sites (tertiary alicyclic amines) is 2. The number of rotatable bonds is 2. The molecule has 2 atom stereocenters. The van der Waals surface area contributed by atoms with Gasteiger partial charge in [-0.2, -0.15) is 0 Å². The number of hydrogen-bond acceptors (Lipinski definition) is 2. The Kier molecular flexibility index (Phi) is 5.28. The molecule has 0 aromatic heterocycles. The van der Waals surface area contributed by atoms with E-state index in [0.29, 0.717) is 11.8 Å². The van der Waals surface area contributed by atoms with Crippen molar-refractivity contribution in [1.82, 2.24) is 9.80 Å². The number of carbonyl (C=O) groups excluding carboxylic acids is 2. The molecule has 1 aliphatic carbocycles. The van der Waals surface area contributed by atoms with E-state index in [1.54, 1.807) is 0 Å². The lowest BCUT2D eigenvalue weighted by Gasteiger charge is -2.38. The van der Waals surface area contributed by atoms with Crippen LogP contribution in [0.1, 0.15) is 42.7 Å². The maximum Gasteiger partial charge on any atom is 0.298 e. The highest BCUT2D eigenvalue weighted by Crippen LogP contribution is 2.50. The van der Waals surface area contributed by atoms with Gasteiger partial charge in [0.2, 0.25) is 5.91 Å². The normalized spacial score (nSPS) is 23.9. The molecule has 2 heterocycles. The van der Waals surface area contributed by atoms with Crippen LogP contribution >= 0.6 is 0 Å². The topological polar surface area (TPSA) is 40.6 Å². The molecule has 4 heteroatoms. The lowest BCUT2D eigenvalue weighted by atomic mass is 9.78. The first-order valence-electron chi connectivity index (χ1n) is 11.3. The summed E-state index contributed by atoms with van der Waals surface area (Å²) < 4.78 is 0. The summed E-state index contributed by atoms with van der Waals surface area (Å²) in [5.41, 5.74) is 2.33. The van der Waals surface area contributed by atoms with E-state index in [-0.39, 0.29) is 17.2 Å². The molecule has 3 aliphatic rings. The Morgan fingerprint density at radius 3 is 2.13 bits per heavy atom. The van der Waals surface area contributed by atoms with E-state index >= 15 is 0 Å². The number of carbonyl (C=O) groups is 2. The van der Waals surface area contributed by atoms with Gasteiger partial charge in [-0.3, -0.25) is 9.59 Å². The highest BCUT2D eigenvalue weighted by molar-refractivity contribution is 5.94. The molecular formula is C27H28N2O2. The highest BCUT2D eigenvalue weighted by Gasteiger charge is 2.49. The minimum absolute atomic E-state index is 0.0895. The van der Waals surface area contributed by atoms with Gasteiger partial charge in [0.1, 0.15) is 0 Å². The molecule has 2 aliphatic heterocycles. The van der Waals surface area contributed by atoms with Gasteiger partial charge in [-0.05, 0) is 54.7 Å². The molecule has 0 bridgehead atoms. The second kappa shape index (κ2) is 8.23. The summed E-state index contributed by atoms with van der Waals surface area (Å²) in [5.74, 6) is 6.56. The van der Waals surface area contributed by atoms with E-state index in [9.17, 15) is 9.59 Å². The molecule has 5 rings (SSSR count).